The molecule has 0 saturated carbocycles. The average molecular weight is 422 g/mol. The van der Waals surface area contributed by atoms with Crippen molar-refractivity contribution in [1.82, 2.24) is 15.2 Å². The van der Waals surface area contributed by atoms with Crippen molar-refractivity contribution in [2.24, 2.45) is 5.10 Å². The zero-order valence-corrected chi connectivity index (χ0v) is 17.6. The van der Waals surface area contributed by atoms with Crippen LogP contribution < -0.4 is 15.5 Å². The molecule has 1 aromatic carbocycles. The maximum Gasteiger partial charge on any atom is 0.191 e. The fraction of sp³-hybridized carbons (Fsp3) is 0.389. The van der Waals surface area contributed by atoms with Crippen molar-refractivity contribution < 1.29 is 13.2 Å². The molecule has 0 spiro atoms. The number of rotatable bonds is 5. The smallest absolute Gasteiger partial charge is 0.191 e. The molecule has 1 saturated heterocycles. The fourth-order valence-electron chi connectivity index (χ4n) is 3.20. The highest BCUT2D eigenvalue weighted by atomic mass is 32.2. The number of hydrogen-bond donors (Lipinski definition) is 2. The van der Waals surface area contributed by atoms with E-state index in [1.165, 1.54) is 0 Å². The summed E-state index contributed by atoms with van der Waals surface area (Å²) in [4.78, 5) is 0. The minimum absolute atomic E-state index is 0.116. The van der Waals surface area contributed by atoms with Gasteiger partial charge in [0.2, 0.25) is 0 Å². The van der Waals surface area contributed by atoms with Gasteiger partial charge in [-0.2, -0.15) is 10.2 Å². The summed E-state index contributed by atoms with van der Waals surface area (Å²) in [5, 5.41) is 12.1. The van der Waals surface area contributed by atoms with Crippen LogP contribution in [0.25, 0.3) is 0 Å². The zero-order valence-electron chi connectivity index (χ0n) is 16.0. The van der Waals surface area contributed by atoms with Crippen molar-refractivity contribution in [2.75, 3.05) is 23.9 Å². The van der Waals surface area contributed by atoms with E-state index in [-0.39, 0.29) is 17.5 Å². The van der Waals surface area contributed by atoms with Crippen LogP contribution in [-0.2, 0) is 9.84 Å². The molecule has 0 aliphatic carbocycles. The molecule has 2 aromatic rings. The number of nitrogens with one attached hydrogen (secondary N) is 2. The van der Waals surface area contributed by atoms with Gasteiger partial charge < -0.3 is 10.1 Å². The molecule has 1 aliphatic heterocycles. The van der Waals surface area contributed by atoms with Crippen LogP contribution in [-0.4, -0.2) is 48.1 Å². The van der Waals surface area contributed by atoms with Crippen LogP contribution in [0, 0.1) is 13.8 Å². The molecule has 2 heterocycles. The molecule has 1 aliphatic rings. The number of sulfone groups is 1. The average Bonchev–Trinajstić information content (AvgIpc) is 3.15. The van der Waals surface area contributed by atoms with Crippen LogP contribution >= 0.6 is 12.2 Å². The van der Waals surface area contributed by atoms with Crippen LogP contribution in [0.5, 0.6) is 5.75 Å². The van der Waals surface area contributed by atoms with Gasteiger partial charge in [-0.05, 0) is 44.6 Å². The normalized spacial score (nSPS) is 18.3. The summed E-state index contributed by atoms with van der Waals surface area (Å²) in [6.45, 7) is 3.79. The first-order chi connectivity index (χ1) is 13.3. The second kappa shape index (κ2) is 8.27. The van der Waals surface area contributed by atoms with E-state index in [9.17, 15) is 8.42 Å². The summed E-state index contributed by atoms with van der Waals surface area (Å²) in [6.07, 6.45) is 2.24. The van der Waals surface area contributed by atoms with Crippen LogP contribution in [0.1, 0.15) is 29.4 Å². The maximum atomic E-state index is 11.7. The summed E-state index contributed by atoms with van der Waals surface area (Å²) in [7, 11) is -1.37. The molecule has 3 rings (SSSR count). The molecule has 1 fully saturated rings. The van der Waals surface area contributed by atoms with E-state index in [1.54, 1.807) is 18.0 Å². The van der Waals surface area contributed by atoms with Crippen molar-refractivity contribution in [1.29, 1.82) is 0 Å². The predicted molar refractivity (Wildman–Crippen MR) is 114 cm³/mol. The van der Waals surface area contributed by atoms with Crippen molar-refractivity contribution >= 4 is 39.1 Å². The minimum atomic E-state index is -2.97. The Kier molecular flexibility index (Phi) is 5.99. The van der Waals surface area contributed by atoms with E-state index in [1.807, 2.05) is 38.1 Å². The van der Waals surface area contributed by atoms with Gasteiger partial charge in [0, 0.05) is 23.0 Å². The van der Waals surface area contributed by atoms with E-state index >= 15 is 0 Å². The Balaban J connectivity index is 1.65. The second-order valence-electron chi connectivity index (χ2n) is 6.64. The Morgan fingerprint density at radius 3 is 2.89 bits per heavy atom. The minimum Gasteiger partial charge on any atom is -0.497 e. The first-order valence-corrected chi connectivity index (χ1v) is 11.0. The Bertz CT molecular complexity index is 1010. The predicted octanol–water partition coefficient (Wildman–Crippen LogP) is 2.19. The van der Waals surface area contributed by atoms with Gasteiger partial charge >= 0.3 is 0 Å². The number of nitrogens with zero attached hydrogens (tertiary/aromatic N) is 3. The Labute approximate surface area is 169 Å². The first kappa shape index (κ1) is 20.3. The third-order valence-electron chi connectivity index (χ3n) is 4.62. The van der Waals surface area contributed by atoms with E-state index in [0.717, 1.165) is 28.4 Å². The number of methoxy groups -OCH3 is 1. The number of benzene rings is 1. The number of ether oxygens (including phenoxy) is 1. The van der Waals surface area contributed by atoms with Gasteiger partial charge in [0.1, 0.15) is 5.75 Å². The standard InChI is InChI=1S/C18H23N5O3S2/c1-12-17(13(2)23(22-12)15-7-8-28(24,25)11-15)10-19-21-18(27)20-14-5-4-6-16(9-14)26-3/h4-6,9-10,15H,7-8,11H2,1-3H3,(H2,20,21,27)/b19-10-/t15-/m1/s1. The van der Waals surface area contributed by atoms with Crippen LogP contribution in [0.3, 0.4) is 0 Å². The largest absolute Gasteiger partial charge is 0.497 e. The van der Waals surface area contributed by atoms with Crippen LogP contribution in [0.15, 0.2) is 29.4 Å². The van der Waals surface area contributed by atoms with Crippen molar-refractivity contribution in [2.45, 2.75) is 26.3 Å². The summed E-state index contributed by atoms with van der Waals surface area (Å²) in [6, 6.07) is 7.28. The maximum absolute atomic E-state index is 11.7. The monoisotopic (exact) mass is 421 g/mol. The van der Waals surface area contributed by atoms with Crippen molar-refractivity contribution in [3.63, 3.8) is 0 Å². The molecule has 0 bridgehead atoms. The number of aromatic nitrogens is 2. The van der Waals surface area contributed by atoms with E-state index in [4.69, 9.17) is 17.0 Å². The molecule has 0 radical (unpaired) electrons. The molecule has 0 amide bonds. The topological polar surface area (TPSA) is 97.6 Å². The summed E-state index contributed by atoms with van der Waals surface area (Å²) in [5.41, 5.74) is 6.09. The lowest BCUT2D eigenvalue weighted by Gasteiger charge is -2.11. The number of hydrazone groups is 1. The molecule has 8 nitrogen and oxygen atoms in total. The SMILES string of the molecule is COc1cccc(NC(=S)N/N=C\c2c(C)nn([C@@H]3CCS(=O)(=O)C3)c2C)c1. The molecule has 150 valence electrons. The lowest BCUT2D eigenvalue weighted by Crippen LogP contribution is -2.23. The number of hydrogen-bond acceptors (Lipinski definition) is 6. The molecule has 28 heavy (non-hydrogen) atoms. The quantitative estimate of drug-likeness (QED) is 0.434. The van der Waals surface area contributed by atoms with E-state index in [2.05, 4.69) is 20.9 Å². The Morgan fingerprint density at radius 2 is 2.21 bits per heavy atom. The van der Waals surface area contributed by atoms with Crippen LogP contribution in [0.4, 0.5) is 5.69 Å². The van der Waals surface area contributed by atoms with Gasteiger partial charge in [0.25, 0.3) is 0 Å². The lowest BCUT2D eigenvalue weighted by molar-refractivity contribution is 0.415. The summed E-state index contributed by atoms with van der Waals surface area (Å²) < 4.78 is 30.5. The van der Waals surface area contributed by atoms with Gasteiger partial charge in [0.15, 0.2) is 14.9 Å². The molecule has 1 atom stereocenters. The molecule has 2 N–H and O–H groups in total. The number of thiocarbonyl (C=S) groups is 1. The first-order valence-electron chi connectivity index (χ1n) is 8.79. The molecule has 10 heteroatoms. The fourth-order valence-corrected chi connectivity index (χ4v) is 5.06. The van der Waals surface area contributed by atoms with Gasteiger partial charge in [-0.25, -0.2) is 8.42 Å². The highest BCUT2D eigenvalue weighted by Crippen LogP contribution is 2.26. The third-order valence-corrected chi connectivity index (χ3v) is 6.57. The van der Waals surface area contributed by atoms with Gasteiger partial charge in [-0.3, -0.25) is 10.1 Å². The zero-order chi connectivity index (χ0) is 20.3. The highest BCUT2D eigenvalue weighted by Gasteiger charge is 2.31. The molecular weight excluding hydrogens is 398 g/mol. The Morgan fingerprint density at radius 1 is 1.43 bits per heavy atom. The van der Waals surface area contributed by atoms with E-state index in [0.29, 0.717) is 11.5 Å². The lowest BCUT2D eigenvalue weighted by atomic mass is 10.2. The van der Waals surface area contributed by atoms with Gasteiger partial charge in [-0.15, -0.1) is 0 Å². The van der Waals surface area contributed by atoms with Crippen LogP contribution in [0.2, 0.25) is 0 Å². The third kappa shape index (κ3) is 4.68. The molecular formula is C18H23N5O3S2. The van der Waals surface area contributed by atoms with Crippen molar-refractivity contribution in [3.8, 4) is 5.75 Å². The molecule has 0 unspecified atom stereocenters. The van der Waals surface area contributed by atoms with Crippen molar-refractivity contribution in [3.05, 3.63) is 41.2 Å². The summed E-state index contributed by atoms with van der Waals surface area (Å²) >= 11 is 5.25. The molecule has 1 aromatic heterocycles. The second-order valence-corrected chi connectivity index (χ2v) is 9.28. The number of anilines is 1. The van der Waals surface area contributed by atoms with Gasteiger partial charge in [-0.1, -0.05) is 6.07 Å². The highest BCUT2D eigenvalue weighted by molar-refractivity contribution is 7.91. The van der Waals surface area contributed by atoms with E-state index < -0.39 is 9.84 Å². The number of aryl methyl sites for hydroxylation is 1. The van der Waals surface area contributed by atoms with Gasteiger partial charge in [0.05, 0.1) is 36.6 Å². The Hall–Kier alpha value is -2.46. The summed E-state index contributed by atoms with van der Waals surface area (Å²) in [5.74, 6) is 1.08.